The van der Waals surface area contributed by atoms with Gasteiger partial charge in [0.25, 0.3) is 17.7 Å². The number of benzene rings is 1. The van der Waals surface area contributed by atoms with Gasteiger partial charge in [0.1, 0.15) is 23.3 Å². The molecule has 3 N–H and O–H groups in total. The molecule has 0 spiro atoms. The van der Waals surface area contributed by atoms with Crippen molar-refractivity contribution in [2.45, 2.75) is 69.9 Å². The summed E-state index contributed by atoms with van der Waals surface area (Å²) in [5, 5.41) is 5.32. The topological polar surface area (TPSA) is 138 Å². The summed E-state index contributed by atoms with van der Waals surface area (Å²) in [4.78, 5) is 70.4. The quantitative estimate of drug-likeness (QED) is 0.366. The summed E-state index contributed by atoms with van der Waals surface area (Å²) >= 11 is 0. The summed E-state index contributed by atoms with van der Waals surface area (Å²) in [5.74, 6) is -6.57. The SMILES string of the molecule is COc1cccc2[nH]c(C(=O)N3CC4CCCC4C3C(=O)NC(CC3CCCC3=O)C(=O)C(=O)NCC(C)(F)F)cc12. The Morgan fingerprint density at radius 1 is 1.17 bits per heavy atom. The van der Waals surface area contributed by atoms with Gasteiger partial charge in [-0.05, 0) is 62.1 Å². The van der Waals surface area contributed by atoms with Crippen LogP contribution in [0.5, 0.6) is 5.75 Å². The minimum Gasteiger partial charge on any atom is -0.496 e. The Labute approximate surface area is 241 Å². The molecule has 1 aromatic heterocycles. The number of H-pyrrole nitrogens is 1. The van der Waals surface area contributed by atoms with Crippen LogP contribution in [0.1, 0.15) is 62.4 Å². The third kappa shape index (κ3) is 6.03. The van der Waals surface area contributed by atoms with Crippen LogP contribution in [-0.4, -0.2) is 77.4 Å². The van der Waals surface area contributed by atoms with Gasteiger partial charge in [-0.15, -0.1) is 0 Å². The lowest BCUT2D eigenvalue weighted by Crippen LogP contribution is -2.55. The fourth-order valence-corrected chi connectivity index (χ4v) is 6.82. The number of ether oxygens (including phenoxy) is 1. The maximum atomic E-state index is 13.9. The molecule has 5 rings (SSSR count). The summed E-state index contributed by atoms with van der Waals surface area (Å²) in [5.41, 5.74) is 0.991. The van der Waals surface area contributed by atoms with Crippen molar-refractivity contribution >= 4 is 40.2 Å². The molecule has 12 heteroatoms. The second-order valence-corrected chi connectivity index (χ2v) is 11.8. The zero-order chi connectivity index (χ0) is 30.2. The number of amides is 3. The highest BCUT2D eigenvalue weighted by molar-refractivity contribution is 6.38. The molecule has 0 radical (unpaired) electrons. The van der Waals surface area contributed by atoms with E-state index in [9.17, 15) is 32.8 Å². The number of halogens is 2. The fourth-order valence-electron chi connectivity index (χ4n) is 6.82. The molecule has 0 bridgehead atoms. The Bertz CT molecular complexity index is 1400. The van der Waals surface area contributed by atoms with Crippen LogP contribution < -0.4 is 15.4 Å². The van der Waals surface area contributed by atoms with Crippen molar-refractivity contribution in [2.75, 3.05) is 20.2 Å². The minimum atomic E-state index is -3.23. The van der Waals surface area contributed by atoms with Gasteiger partial charge in [-0.3, -0.25) is 24.0 Å². The van der Waals surface area contributed by atoms with Crippen LogP contribution >= 0.6 is 0 Å². The molecule has 2 heterocycles. The Hall–Kier alpha value is -3.83. The minimum absolute atomic E-state index is 0.0645. The molecule has 42 heavy (non-hydrogen) atoms. The highest BCUT2D eigenvalue weighted by atomic mass is 19.3. The van der Waals surface area contributed by atoms with E-state index in [0.29, 0.717) is 44.0 Å². The molecule has 3 amide bonds. The van der Waals surface area contributed by atoms with Crippen molar-refractivity contribution in [3.8, 4) is 5.75 Å². The molecule has 10 nitrogen and oxygen atoms in total. The molecule has 1 saturated heterocycles. The predicted octanol–water partition coefficient (Wildman–Crippen LogP) is 3.00. The highest BCUT2D eigenvalue weighted by Gasteiger charge is 2.50. The van der Waals surface area contributed by atoms with Gasteiger partial charge in [-0.2, -0.15) is 0 Å². The van der Waals surface area contributed by atoms with Crippen molar-refractivity contribution in [2.24, 2.45) is 17.8 Å². The molecule has 3 aliphatic rings. The van der Waals surface area contributed by atoms with E-state index in [-0.39, 0.29) is 35.6 Å². The van der Waals surface area contributed by atoms with Crippen LogP contribution in [0, 0.1) is 17.8 Å². The number of nitrogens with zero attached hydrogens (tertiary/aromatic N) is 1. The summed E-state index contributed by atoms with van der Waals surface area (Å²) in [6, 6.07) is 4.81. The first-order chi connectivity index (χ1) is 20.0. The monoisotopic (exact) mass is 586 g/mol. The van der Waals surface area contributed by atoms with Crippen LogP contribution in [0.4, 0.5) is 8.78 Å². The van der Waals surface area contributed by atoms with E-state index in [2.05, 4.69) is 10.3 Å². The first-order valence-electron chi connectivity index (χ1n) is 14.5. The molecular formula is C30H36F2N4O6. The predicted molar refractivity (Wildman–Crippen MR) is 148 cm³/mol. The summed E-state index contributed by atoms with van der Waals surface area (Å²) in [6.45, 7) is -0.0639. The van der Waals surface area contributed by atoms with E-state index >= 15 is 0 Å². The Morgan fingerprint density at radius 3 is 2.64 bits per heavy atom. The molecule has 5 unspecified atom stereocenters. The summed E-state index contributed by atoms with van der Waals surface area (Å²) in [6.07, 6.45) is 3.86. The lowest BCUT2D eigenvalue weighted by atomic mass is 9.91. The summed E-state index contributed by atoms with van der Waals surface area (Å²) < 4.78 is 32.1. The molecule has 3 fully saturated rings. The Morgan fingerprint density at radius 2 is 1.95 bits per heavy atom. The number of methoxy groups -OCH3 is 1. The smallest absolute Gasteiger partial charge is 0.289 e. The second kappa shape index (κ2) is 11.8. The van der Waals surface area contributed by atoms with Crippen molar-refractivity contribution in [3.63, 3.8) is 0 Å². The van der Waals surface area contributed by atoms with Gasteiger partial charge >= 0.3 is 0 Å². The zero-order valence-corrected chi connectivity index (χ0v) is 23.7. The molecule has 5 atom stereocenters. The van der Waals surface area contributed by atoms with Crippen molar-refractivity contribution < 1.29 is 37.5 Å². The fraction of sp³-hybridized carbons (Fsp3) is 0.567. The zero-order valence-electron chi connectivity index (χ0n) is 23.7. The number of hydrogen-bond acceptors (Lipinski definition) is 6. The van der Waals surface area contributed by atoms with Gasteiger partial charge in [0.2, 0.25) is 11.7 Å². The maximum absolute atomic E-state index is 13.9. The van der Waals surface area contributed by atoms with Crippen LogP contribution in [0.25, 0.3) is 10.9 Å². The normalized spacial score (nSPS) is 24.5. The lowest BCUT2D eigenvalue weighted by molar-refractivity contribution is -0.141. The Balaban J connectivity index is 1.39. The van der Waals surface area contributed by atoms with Gasteiger partial charge in [0.15, 0.2) is 0 Å². The standard InChI is InChI=1S/C30H36F2N4O6/c1-30(31,32)15-33-28(40)26(38)21(12-16-6-4-10-23(16)37)35-27(39)25-18-8-3-7-17(18)14-36(25)29(41)22-13-19-20(34-22)9-5-11-24(19)42-2/h5,9,11,13,16-18,21,25,34H,3-4,6-8,10,12,14-15H2,1-2H3,(H,33,40)(H,35,39). The van der Waals surface area contributed by atoms with Gasteiger partial charge in [-0.1, -0.05) is 12.5 Å². The van der Waals surface area contributed by atoms with Gasteiger partial charge in [0, 0.05) is 36.7 Å². The van der Waals surface area contributed by atoms with Crippen molar-refractivity contribution in [1.82, 2.24) is 20.5 Å². The van der Waals surface area contributed by atoms with Gasteiger partial charge in [0.05, 0.1) is 19.7 Å². The molecule has 1 aliphatic heterocycles. The second-order valence-electron chi connectivity index (χ2n) is 11.8. The van der Waals surface area contributed by atoms with E-state index in [1.165, 1.54) is 12.0 Å². The molecular weight excluding hydrogens is 550 g/mol. The number of hydrogen-bond donors (Lipinski definition) is 3. The molecule has 1 aromatic carbocycles. The summed E-state index contributed by atoms with van der Waals surface area (Å²) in [7, 11) is 1.54. The number of carbonyl (C=O) groups excluding carboxylic acids is 5. The number of aromatic amines is 1. The molecule has 2 aliphatic carbocycles. The van der Waals surface area contributed by atoms with Crippen LogP contribution in [0.3, 0.4) is 0 Å². The van der Waals surface area contributed by atoms with E-state index in [0.717, 1.165) is 24.6 Å². The average molecular weight is 587 g/mol. The first-order valence-corrected chi connectivity index (χ1v) is 14.5. The number of rotatable bonds is 10. The number of alkyl halides is 2. The third-order valence-electron chi connectivity index (χ3n) is 8.86. The van der Waals surface area contributed by atoms with E-state index in [1.807, 2.05) is 11.4 Å². The third-order valence-corrected chi connectivity index (χ3v) is 8.86. The number of likely N-dealkylation sites (tertiary alicyclic amines) is 1. The largest absolute Gasteiger partial charge is 0.496 e. The van der Waals surface area contributed by atoms with Gasteiger partial charge < -0.3 is 25.3 Å². The lowest BCUT2D eigenvalue weighted by Gasteiger charge is -2.29. The maximum Gasteiger partial charge on any atom is 0.289 e. The van der Waals surface area contributed by atoms with E-state index in [4.69, 9.17) is 4.74 Å². The van der Waals surface area contributed by atoms with E-state index < -0.39 is 48.1 Å². The number of carbonyl (C=O) groups is 5. The van der Waals surface area contributed by atoms with Crippen LogP contribution in [-0.2, 0) is 19.2 Å². The van der Waals surface area contributed by atoms with Crippen LogP contribution in [0.15, 0.2) is 24.3 Å². The molecule has 226 valence electrons. The number of ketones is 2. The molecule has 2 saturated carbocycles. The van der Waals surface area contributed by atoms with Crippen molar-refractivity contribution in [1.29, 1.82) is 0 Å². The number of nitrogens with one attached hydrogen (secondary N) is 3. The van der Waals surface area contributed by atoms with Crippen LogP contribution in [0.2, 0.25) is 0 Å². The van der Waals surface area contributed by atoms with Crippen molar-refractivity contribution in [3.05, 3.63) is 30.0 Å². The number of aromatic nitrogens is 1. The first kappa shape index (κ1) is 29.7. The van der Waals surface area contributed by atoms with E-state index in [1.54, 1.807) is 18.2 Å². The molecule has 2 aromatic rings. The average Bonchev–Trinajstić information content (AvgIpc) is 3.73. The highest BCUT2D eigenvalue weighted by Crippen LogP contribution is 2.43. The number of fused-ring (bicyclic) bond motifs is 2. The number of Topliss-reactive ketones (excluding diaryl/α,β-unsaturated/α-hetero) is 2. The van der Waals surface area contributed by atoms with Gasteiger partial charge in [-0.25, -0.2) is 8.78 Å². The Kier molecular flexibility index (Phi) is 8.34.